The Hall–Kier alpha value is -0.780. The zero-order chi connectivity index (χ0) is 15.3. The standard InChI is InChI=1S/C15H22ClNO3S/c1-2-13(20-15-8-4-3-7-14(15)16)10-17-12-6-5-9-21(18,19)11-12/h3-4,7-8,12-13,17H,2,5-6,9-11H2,1H3/t12-,13-/m0/s1. The Kier molecular flexibility index (Phi) is 5.90. The molecule has 0 saturated carbocycles. The molecular weight excluding hydrogens is 310 g/mol. The van der Waals surface area contributed by atoms with E-state index in [0.717, 1.165) is 19.3 Å². The predicted molar refractivity (Wildman–Crippen MR) is 85.8 cm³/mol. The van der Waals surface area contributed by atoms with Gasteiger partial charge in [0.1, 0.15) is 11.9 Å². The number of hydrogen-bond acceptors (Lipinski definition) is 4. The predicted octanol–water partition coefficient (Wildman–Crippen LogP) is 2.66. The molecule has 0 spiro atoms. The van der Waals surface area contributed by atoms with Gasteiger partial charge in [-0.25, -0.2) is 8.42 Å². The second-order valence-corrected chi connectivity index (χ2v) is 8.08. The molecule has 1 aliphatic rings. The molecule has 1 fully saturated rings. The van der Waals surface area contributed by atoms with Crippen molar-refractivity contribution in [2.24, 2.45) is 0 Å². The Morgan fingerprint density at radius 1 is 1.43 bits per heavy atom. The summed E-state index contributed by atoms with van der Waals surface area (Å²) in [6.07, 6.45) is 2.45. The van der Waals surface area contributed by atoms with Crippen LogP contribution >= 0.6 is 11.6 Å². The lowest BCUT2D eigenvalue weighted by Gasteiger charge is -2.26. The van der Waals surface area contributed by atoms with Gasteiger partial charge in [-0.15, -0.1) is 0 Å². The number of ether oxygens (including phenoxy) is 1. The maximum Gasteiger partial charge on any atom is 0.151 e. The molecule has 1 saturated heterocycles. The van der Waals surface area contributed by atoms with Crippen LogP contribution in [0.2, 0.25) is 5.02 Å². The molecule has 4 nitrogen and oxygen atoms in total. The number of rotatable bonds is 6. The van der Waals surface area contributed by atoms with Crippen molar-refractivity contribution in [1.82, 2.24) is 5.32 Å². The maximum atomic E-state index is 11.6. The Morgan fingerprint density at radius 3 is 2.86 bits per heavy atom. The smallest absolute Gasteiger partial charge is 0.151 e. The van der Waals surface area contributed by atoms with Crippen LogP contribution in [0.1, 0.15) is 26.2 Å². The fraction of sp³-hybridized carbons (Fsp3) is 0.600. The van der Waals surface area contributed by atoms with Gasteiger partial charge in [-0.1, -0.05) is 30.7 Å². The van der Waals surface area contributed by atoms with E-state index in [1.165, 1.54) is 0 Å². The third-order valence-corrected chi connectivity index (χ3v) is 5.82. The average molecular weight is 332 g/mol. The van der Waals surface area contributed by atoms with E-state index in [9.17, 15) is 8.42 Å². The fourth-order valence-corrected chi connectivity index (χ4v) is 4.32. The van der Waals surface area contributed by atoms with Gasteiger partial charge in [0, 0.05) is 12.6 Å². The third kappa shape index (κ3) is 5.16. The zero-order valence-electron chi connectivity index (χ0n) is 12.2. The van der Waals surface area contributed by atoms with Crippen LogP contribution in [-0.4, -0.2) is 38.6 Å². The minimum absolute atomic E-state index is 0.0190. The van der Waals surface area contributed by atoms with Crippen molar-refractivity contribution in [3.05, 3.63) is 29.3 Å². The molecule has 1 aliphatic heterocycles. The lowest BCUT2D eigenvalue weighted by Crippen LogP contribution is -2.44. The summed E-state index contributed by atoms with van der Waals surface area (Å²) in [5.74, 6) is 1.22. The summed E-state index contributed by atoms with van der Waals surface area (Å²) >= 11 is 6.09. The van der Waals surface area contributed by atoms with Gasteiger partial charge >= 0.3 is 0 Å². The first-order valence-electron chi connectivity index (χ1n) is 7.35. The number of nitrogens with one attached hydrogen (secondary N) is 1. The molecule has 0 unspecified atom stereocenters. The SMILES string of the molecule is CC[C@@H](CN[C@H]1CCCS(=O)(=O)C1)Oc1ccccc1Cl. The summed E-state index contributed by atoms with van der Waals surface area (Å²) in [6.45, 7) is 2.67. The highest BCUT2D eigenvalue weighted by atomic mass is 35.5. The molecule has 2 rings (SSSR count). The topological polar surface area (TPSA) is 55.4 Å². The minimum atomic E-state index is -2.88. The van der Waals surface area contributed by atoms with Crippen LogP contribution in [0.3, 0.4) is 0 Å². The highest BCUT2D eigenvalue weighted by molar-refractivity contribution is 7.91. The molecule has 21 heavy (non-hydrogen) atoms. The van der Waals surface area contributed by atoms with Crippen LogP contribution in [0, 0.1) is 0 Å². The quantitative estimate of drug-likeness (QED) is 0.870. The third-order valence-electron chi connectivity index (χ3n) is 3.68. The largest absolute Gasteiger partial charge is 0.488 e. The molecule has 2 atom stereocenters. The van der Waals surface area contributed by atoms with Crippen molar-refractivity contribution in [2.45, 2.75) is 38.3 Å². The second-order valence-electron chi connectivity index (χ2n) is 5.44. The molecule has 1 heterocycles. The first-order valence-corrected chi connectivity index (χ1v) is 9.55. The molecule has 1 N–H and O–H groups in total. The van der Waals surface area contributed by atoms with E-state index in [-0.39, 0.29) is 17.9 Å². The van der Waals surface area contributed by atoms with E-state index in [0.29, 0.717) is 23.1 Å². The lowest BCUT2D eigenvalue weighted by atomic mass is 10.1. The highest BCUT2D eigenvalue weighted by Gasteiger charge is 2.25. The summed E-state index contributed by atoms with van der Waals surface area (Å²) in [5.41, 5.74) is 0. The number of benzene rings is 1. The number of sulfone groups is 1. The molecule has 6 heteroatoms. The van der Waals surface area contributed by atoms with E-state index < -0.39 is 9.84 Å². The molecule has 118 valence electrons. The van der Waals surface area contributed by atoms with Crippen LogP contribution < -0.4 is 10.1 Å². The molecule has 0 aromatic heterocycles. The van der Waals surface area contributed by atoms with Crippen molar-refractivity contribution in [3.8, 4) is 5.75 Å². The molecule has 0 radical (unpaired) electrons. The summed E-state index contributed by atoms with van der Waals surface area (Å²) in [6, 6.07) is 7.42. The van der Waals surface area contributed by atoms with Gasteiger partial charge in [0.15, 0.2) is 9.84 Å². The molecule has 1 aromatic carbocycles. The van der Waals surface area contributed by atoms with Crippen molar-refractivity contribution in [1.29, 1.82) is 0 Å². The van der Waals surface area contributed by atoms with E-state index in [4.69, 9.17) is 16.3 Å². The van der Waals surface area contributed by atoms with Crippen LogP contribution in [0.15, 0.2) is 24.3 Å². The van der Waals surface area contributed by atoms with Crippen molar-refractivity contribution >= 4 is 21.4 Å². The number of hydrogen-bond donors (Lipinski definition) is 1. The number of para-hydroxylation sites is 1. The van der Waals surface area contributed by atoms with Crippen molar-refractivity contribution in [3.63, 3.8) is 0 Å². The normalized spacial score (nSPS) is 22.7. The number of halogens is 1. The monoisotopic (exact) mass is 331 g/mol. The van der Waals surface area contributed by atoms with Gasteiger partial charge in [0.25, 0.3) is 0 Å². The van der Waals surface area contributed by atoms with E-state index in [1.54, 1.807) is 6.07 Å². The van der Waals surface area contributed by atoms with Gasteiger partial charge in [-0.2, -0.15) is 0 Å². The van der Waals surface area contributed by atoms with E-state index in [1.807, 2.05) is 25.1 Å². The Balaban J connectivity index is 1.87. The summed E-state index contributed by atoms with van der Waals surface area (Å²) in [4.78, 5) is 0. The summed E-state index contributed by atoms with van der Waals surface area (Å²) < 4.78 is 29.1. The maximum absolute atomic E-state index is 11.6. The first-order chi connectivity index (χ1) is 10.00. The highest BCUT2D eigenvalue weighted by Crippen LogP contribution is 2.24. The molecule has 1 aromatic rings. The minimum Gasteiger partial charge on any atom is -0.488 e. The zero-order valence-corrected chi connectivity index (χ0v) is 13.8. The molecular formula is C15H22ClNO3S. The summed E-state index contributed by atoms with van der Waals surface area (Å²) in [7, 11) is -2.88. The van der Waals surface area contributed by atoms with E-state index >= 15 is 0 Å². The van der Waals surface area contributed by atoms with Crippen LogP contribution in [0.4, 0.5) is 0 Å². The van der Waals surface area contributed by atoms with Gasteiger partial charge in [-0.3, -0.25) is 0 Å². The van der Waals surface area contributed by atoms with E-state index in [2.05, 4.69) is 5.32 Å². The average Bonchev–Trinajstić information content (AvgIpc) is 2.44. The summed E-state index contributed by atoms with van der Waals surface area (Å²) in [5, 5.41) is 3.91. The molecule has 0 aliphatic carbocycles. The van der Waals surface area contributed by atoms with Crippen LogP contribution in [-0.2, 0) is 9.84 Å². The van der Waals surface area contributed by atoms with Gasteiger partial charge in [0.05, 0.1) is 16.5 Å². The lowest BCUT2D eigenvalue weighted by molar-refractivity contribution is 0.188. The van der Waals surface area contributed by atoms with Crippen molar-refractivity contribution in [2.75, 3.05) is 18.1 Å². The van der Waals surface area contributed by atoms with Crippen LogP contribution in [0.25, 0.3) is 0 Å². The van der Waals surface area contributed by atoms with Crippen molar-refractivity contribution < 1.29 is 13.2 Å². The van der Waals surface area contributed by atoms with Gasteiger partial charge in [-0.05, 0) is 31.4 Å². The van der Waals surface area contributed by atoms with Gasteiger partial charge in [0.2, 0.25) is 0 Å². The Labute approximate surface area is 131 Å². The van der Waals surface area contributed by atoms with Crippen LogP contribution in [0.5, 0.6) is 5.75 Å². The molecule has 0 amide bonds. The van der Waals surface area contributed by atoms with Gasteiger partial charge < -0.3 is 10.1 Å². The fourth-order valence-electron chi connectivity index (χ4n) is 2.47. The first kappa shape index (κ1) is 16.6. The Morgan fingerprint density at radius 2 is 2.19 bits per heavy atom. The molecule has 0 bridgehead atoms. The second kappa shape index (κ2) is 7.47. The Bertz CT molecular complexity index is 562.